The van der Waals surface area contributed by atoms with Gasteiger partial charge in [-0.3, -0.25) is 9.58 Å². The Hall–Kier alpha value is -1.66. The van der Waals surface area contributed by atoms with Gasteiger partial charge in [0.2, 0.25) is 0 Å². The molecule has 0 saturated carbocycles. The van der Waals surface area contributed by atoms with E-state index < -0.39 is 0 Å². The fraction of sp³-hybridized carbons (Fsp3) is 0.647. The maximum Gasteiger partial charge on any atom is 0.126 e. The second-order valence-electron chi connectivity index (χ2n) is 6.25. The van der Waals surface area contributed by atoms with Crippen LogP contribution in [0.25, 0.3) is 0 Å². The molecule has 0 N–H and O–H groups in total. The van der Waals surface area contributed by atoms with Gasteiger partial charge in [-0.05, 0) is 26.8 Å². The molecule has 0 radical (unpaired) electrons. The van der Waals surface area contributed by atoms with E-state index in [-0.39, 0.29) is 0 Å². The summed E-state index contributed by atoms with van der Waals surface area (Å²) in [4.78, 5) is 7.16. The molecule has 0 amide bonds. The van der Waals surface area contributed by atoms with E-state index in [1.54, 1.807) is 0 Å². The zero-order valence-corrected chi connectivity index (χ0v) is 14.6. The quantitative estimate of drug-likeness (QED) is 0.766. The first-order chi connectivity index (χ1) is 11.1. The first kappa shape index (κ1) is 16.2. The summed E-state index contributed by atoms with van der Waals surface area (Å²) in [7, 11) is 2.02. The average molecular weight is 317 g/mol. The summed E-state index contributed by atoms with van der Waals surface area (Å²) in [5, 5.41) is 4.45. The molecule has 3 rings (SSSR count). The van der Waals surface area contributed by atoms with Crippen LogP contribution in [0.15, 0.2) is 12.3 Å². The standard InChI is InChI=1S/C17H27N5O/c1-5-23-9-6-15-11-18-17-14(3)21(7-8-22(15)17)12-16-10-13(2)19-20(16)4/h10-11,14H,5-9,12H2,1-4H3/t14-/m1/s1. The van der Waals surface area contributed by atoms with Crippen molar-refractivity contribution in [2.75, 3.05) is 19.8 Å². The van der Waals surface area contributed by atoms with Crippen LogP contribution < -0.4 is 0 Å². The summed E-state index contributed by atoms with van der Waals surface area (Å²) in [6.07, 6.45) is 2.96. The molecule has 3 heterocycles. The van der Waals surface area contributed by atoms with Crippen LogP contribution in [0.4, 0.5) is 0 Å². The molecule has 0 aliphatic carbocycles. The Morgan fingerprint density at radius 3 is 2.83 bits per heavy atom. The average Bonchev–Trinajstić information content (AvgIpc) is 3.06. The third-order valence-corrected chi connectivity index (χ3v) is 4.67. The minimum absolute atomic E-state index is 0.319. The molecule has 2 aromatic heterocycles. The lowest BCUT2D eigenvalue weighted by atomic mass is 10.2. The van der Waals surface area contributed by atoms with Gasteiger partial charge in [0.25, 0.3) is 0 Å². The van der Waals surface area contributed by atoms with E-state index in [1.165, 1.54) is 17.2 Å². The maximum absolute atomic E-state index is 5.48. The normalized spacial score (nSPS) is 18.3. The Kier molecular flexibility index (Phi) is 4.82. The second-order valence-corrected chi connectivity index (χ2v) is 6.25. The maximum atomic E-state index is 5.48. The minimum Gasteiger partial charge on any atom is -0.381 e. The second kappa shape index (κ2) is 6.84. The van der Waals surface area contributed by atoms with Gasteiger partial charge in [0.05, 0.1) is 24.0 Å². The molecule has 0 fully saturated rings. The smallest absolute Gasteiger partial charge is 0.126 e. The molecule has 0 saturated heterocycles. The van der Waals surface area contributed by atoms with Crippen molar-refractivity contribution < 1.29 is 4.74 Å². The molecule has 6 heteroatoms. The van der Waals surface area contributed by atoms with Crippen LogP contribution in [-0.4, -0.2) is 44.0 Å². The Bertz CT molecular complexity index is 660. The van der Waals surface area contributed by atoms with Crippen molar-refractivity contribution in [1.29, 1.82) is 0 Å². The van der Waals surface area contributed by atoms with E-state index in [0.29, 0.717) is 6.04 Å². The van der Waals surface area contributed by atoms with Gasteiger partial charge in [-0.25, -0.2) is 4.98 Å². The van der Waals surface area contributed by atoms with Crippen molar-refractivity contribution >= 4 is 0 Å². The highest BCUT2D eigenvalue weighted by Crippen LogP contribution is 2.27. The summed E-state index contributed by atoms with van der Waals surface area (Å²) >= 11 is 0. The van der Waals surface area contributed by atoms with Crippen LogP contribution in [0.2, 0.25) is 0 Å². The summed E-state index contributed by atoms with van der Waals surface area (Å²) in [5.41, 5.74) is 3.62. The van der Waals surface area contributed by atoms with Gasteiger partial charge in [0.15, 0.2) is 0 Å². The molecule has 1 aliphatic heterocycles. The minimum atomic E-state index is 0.319. The Balaban J connectivity index is 1.71. The van der Waals surface area contributed by atoms with Crippen LogP contribution in [0.5, 0.6) is 0 Å². The zero-order chi connectivity index (χ0) is 16.4. The summed E-state index contributed by atoms with van der Waals surface area (Å²) in [6, 6.07) is 2.49. The monoisotopic (exact) mass is 317 g/mol. The molecule has 2 aromatic rings. The number of hydrogen-bond acceptors (Lipinski definition) is 4. The predicted molar refractivity (Wildman–Crippen MR) is 89.2 cm³/mol. The molecule has 23 heavy (non-hydrogen) atoms. The van der Waals surface area contributed by atoms with E-state index in [9.17, 15) is 0 Å². The lowest BCUT2D eigenvalue weighted by Gasteiger charge is -2.34. The van der Waals surface area contributed by atoms with Crippen molar-refractivity contribution in [1.82, 2.24) is 24.2 Å². The summed E-state index contributed by atoms with van der Waals surface area (Å²) in [6.45, 7) is 10.8. The van der Waals surface area contributed by atoms with Crippen molar-refractivity contribution in [3.63, 3.8) is 0 Å². The van der Waals surface area contributed by atoms with Crippen LogP contribution in [-0.2, 0) is 31.3 Å². The van der Waals surface area contributed by atoms with Gasteiger partial charge in [-0.15, -0.1) is 0 Å². The fourth-order valence-electron chi connectivity index (χ4n) is 3.36. The Labute approximate surface area is 138 Å². The van der Waals surface area contributed by atoms with E-state index in [0.717, 1.165) is 45.0 Å². The highest BCUT2D eigenvalue weighted by Gasteiger charge is 2.27. The van der Waals surface area contributed by atoms with Gasteiger partial charge in [0, 0.05) is 51.6 Å². The number of rotatable bonds is 6. The van der Waals surface area contributed by atoms with Crippen molar-refractivity contribution in [3.05, 3.63) is 35.2 Å². The number of nitrogens with zero attached hydrogens (tertiary/aromatic N) is 5. The number of ether oxygens (including phenoxy) is 1. The SMILES string of the molecule is CCOCCc1cnc2n1CCN(Cc1cc(C)nn1C)[C@@H]2C. The van der Waals surface area contributed by atoms with Crippen LogP contribution in [0.1, 0.15) is 42.8 Å². The Morgan fingerprint density at radius 1 is 1.30 bits per heavy atom. The lowest BCUT2D eigenvalue weighted by molar-refractivity contribution is 0.141. The van der Waals surface area contributed by atoms with E-state index >= 15 is 0 Å². The molecule has 1 atom stereocenters. The number of aromatic nitrogens is 4. The van der Waals surface area contributed by atoms with Crippen molar-refractivity contribution in [2.24, 2.45) is 7.05 Å². The fourth-order valence-corrected chi connectivity index (χ4v) is 3.36. The number of aryl methyl sites for hydroxylation is 2. The number of hydrogen-bond donors (Lipinski definition) is 0. The summed E-state index contributed by atoms with van der Waals surface area (Å²) < 4.78 is 9.83. The van der Waals surface area contributed by atoms with Crippen molar-refractivity contribution in [3.8, 4) is 0 Å². The first-order valence-corrected chi connectivity index (χ1v) is 8.45. The van der Waals surface area contributed by atoms with Gasteiger partial charge in [-0.2, -0.15) is 5.10 Å². The third kappa shape index (κ3) is 3.33. The largest absolute Gasteiger partial charge is 0.381 e. The van der Waals surface area contributed by atoms with E-state index in [2.05, 4.69) is 32.5 Å². The summed E-state index contributed by atoms with van der Waals surface area (Å²) in [5.74, 6) is 1.17. The molecule has 0 aromatic carbocycles. The molecular formula is C17H27N5O. The van der Waals surface area contributed by atoms with Crippen molar-refractivity contribution in [2.45, 2.75) is 46.3 Å². The molecule has 0 unspecified atom stereocenters. The highest BCUT2D eigenvalue weighted by atomic mass is 16.5. The Morgan fingerprint density at radius 2 is 2.13 bits per heavy atom. The molecular weight excluding hydrogens is 290 g/mol. The van der Waals surface area contributed by atoms with Gasteiger partial charge in [-0.1, -0.05) is 0 Å². The molecule has 126 valence electrons. The first-order valence-electron chi connectivity index (χ1n) is 8.45. The highest BCUT2D eigenvalue weighted by molar-refractivity contribution is 5.13. The topological polar surface area (TPSA) is 48.1 Å². The molecule has 0 spiro atoms. The van der Waals surface area contributed by atoms with Gasteiger partial charge < -0.3 is 9.30 Å². The number of imidazole rings is 1. The molecule has 0 bridgehead atoms. The van der Waals surface area contributed by atoms with Crippen LogP contribution in [0, 0.1) is 6.92 Å². The molecule has 1 aliphatic rings. The van der Waals surface area contributed by atoms with E-state index in [1.807, 2.05) is 31.8 Å². The van der Waals surface area contributed by atoms with Crippen LogP contribution >= 0.6 is 0 Å². The molecule has 6 nitrogen and oxygen atoms in total. The predicted octanol–water partition coefficient (Wildman–Crippen LogP) is 2.08. The van der Waals surface area contributed by atoms with Gasteiger partial charge >= 0.3 is 0 Å². The number of fused-ring (bicyclic) bond motifs is 1. The lowest BCUT2D eigenvalue weighted by Crippen LogP contribution is -2.37. The third-order valence-electron chi connectivity index (χ3n) is 4.67. The van der Waals surface area contributed by atoms with E-state index in [4.69, 9.17) is 4.74 Å². The van der Waals surface area contributed by atoms with Crippen LogP contribution in [0.3, 0.4) is 0 Å². The zero-order valence-electron chi connectivity index (χ0n) is 14.6. The van der Waals surface area contributed by atoms with Gasteiger partial charge in [0.1, 0.15) is 5.82 Å².